The van der Waals surface area contributed by atoms with Crippen LogP contribution >= 0.6 is 23.2 Å². The Labute approximate surface area is 233 Å². The second-order valence-corrected chi connectivity index (χ2v) is 14.9. The van der Waals surface area contributed by atoms with Crippen LogP contribution in [0.2, 0.25) is 10.0 Å². The van der Waals surface area contributed by atoms with Crippen molar-refractivity contribution in [3.8, 4) is 6.07 Å². The van der Waals surface area contributed by atoms with Crippen molar-refractivity contribution in [3.05, 3.63) is 69.5 Å². The first-order valence-corrected chi connectivity index (χ1v) is 14.9. The molecule has 2 aromatic rings. The van der Waals surface area contributed by atoms with Crippen LogP contribution in [0, 0.1) is 23.1 Å². The largest absolute Gasteiger partial charge is 0.354 e. The van der Waals surface area contributed by atoms with E-state index in [0.29, 0.717) is 16.1 Å². The van der Waals surface area contributed by atoms with Crippen molar-refractivity contribution < 1.29 is 22.3 Å². The Morgan fingerprint density at radius 1 is 1.18 bits per heavy atom. The smallest absolute Gasteiger partial charge is 0.256 e. The van der Waals surface area contributed by atoms with Crippen LogP contribution in [-0.2, 0) is 19.4 Å². The van der Waals surface area contributed by atoms with Crippen LogP contribution in [0.1, 0.15) is 70.2 Å². The average Bonchev–Trinajstić information content (AvgIpc) is 3.66. The van der Waals surface area contributed by atoms with Crippen molar-refractivity contribution in [2.24, 2.45) is 5.92 Å². The van der Waals surface area contributed by atoms with Gasteiger partial charge in [-0.25, -0.2) is 12.8 Å². The van der Waals surface area contributed by atoms with Gasteiger partial charge in [0.05, 0.1) is 34.1 Å². The summed E-state index contributed by atoms with van der Waals surface area (Å²) < 4.78 is 47.1. The summed E-state index contributed by atoms with van der Waals surface area (Å²) in [6, 6.07) is 11.7. The van der Waals surface area contributed by atoms with Gasteiger partial charge in [-0.2, -0.15) is 5.26 Å². The van der Waals surface area contributed by atoms with Gasteiger partial charge in [-0.15, -0.1) is 0 Å². The molecule has 0 aromatic heterocycles. The molecule has 2 aromatic carbocycles. The summed E-state index contributed by atoms with van der Waals surface area (Å²) >= 11 is 12.3. The molecule has 0 radical (unpaired) electrons. The van der Waals surface area contributed by atoms with Gasteiger partial charge >= 0.3 is 0 Å². The predicted octanol–water partition coefficient (Wildman–Crippen LogP) is 6.44. The molecule has 0 N–H and O–H groups in total. The second-order valence-electron chi connectivity index (χ2n) is 11.3. The molecule has 6 nitrogen and oxygen atoms in total. The summed E-state index contributed by atoms with van der Waals surface area (Å²) in [6.07, 6.45) is 0.412. The van der Waals surface area contributed by atoms with E-state index in [9.17, 15) is 22.9 Å². The molecule has 0 bridgehead atoms. The quantitative estimate of drug-likeness (QED) is 0.376. The Kier molecular flexibility index (Phi) is 7.90. The maximum Gasteiger partial charge on any atom is 0.256 e. The lowest BCUT2D eigenvalue weighted by Gasteiger charge is -2.51. The predicted molar refractivity (Wildman–Crippen MR) is 145 cm³/mol. The minimum Gasteiger partial charge on any atom is -0.354 e. The highest BCUT2D eigenvalue weighted by Gasteiger charge is 2.56. The molecule has 1 aliphatic carbocycles. The Morgan fingerprint density at radius 3 is 2.42 bits per heavy atom. The summed E-state index contributed by atoms with van der Waals surface area (Å²) in [4.78, 5) is 15.8. The third-order valence-corrected chi connectivity index (χ3v) is 10.6. The maximum atomic E-state index is 14.8. The number of morpholine rings is 1. The first-order valence-electron chi connectivity index (χ1n) is 12.5. The van der Waals surface area contributed by atoms with Crippen LogP contribution in [0.25, 0.3) is 0 Å². The fourth-order valence-electron chi connectivity index (χ4n) is 4.93. The van der Waals surface area contributed by atoms with Crippen LogP contribution in [-0.4, -0.2) is 41.4 Å². The Morgan fingerprint density at radius 2 is 1.87 bits per heavy atom. The monoisotopic (exact) mass is 580 g/mol. The molecule has 2 aliphatic rings. The number of carbonyl (C=O) groups is 1. The van der Waals surface area contributed by atoms with E-state index in [4.69, 9.17) is 27.9 Å². The molecular weight excluding hydrogens is 550 g/mol. The number of ether oxygens (including phenoxy) is 1. The van der Waals surface area contributed by atoms with Gasteiger partial charge in [0.15, 0.2) is 15.4 Å². The zero-order valence-electron chi connectivity index (χ0n) is 21.7. The average molecular weight is 582 g/mol. The SMILES string of the molecule is CC(C)(C)S(=O)(=O)C[C@H](C1CC1)N1C(=O)[C@](C)(CC#N)O[C@H](c2cccc(Cl)c2)C1c1ccc(Cl)c(F)c1. The number of carbonyl (C=O) groups excluding carboxylic acids is 1. The van der Waals surface area contributed by atoms with Crippen LogP contribution in [0.5, 0.6) is 0 Å². The number of nitriles is 1. The molecular formula is C28H31Cl2FN2O4S. The van der Waals surface area contributed by atoms with E-state index >= 15 is 0 Å². The normalized spacial score (nSPS) is 25.2. The number of amides is 1. The van der Waals surface area contributed by atoms with Gasteiger partial charge in [0.25, 0.3) is 5.91 Å². The highest BCUT2D eigenvalue weighted by molar-refractivity contribution is 7.92. The number of nitrogens with zero attached hydrogens (tertiary/aromatic N) is 2. The number of hydrogen-bond donors (Lipinski definition) is 0. The van der Waals surface area contributed by atoms with E-state index in [-0.39, 0.29) is 23.1 Å². The first kappa shape index (κ1) is 28.8. The topological polar surface area (TPSA) is 87.5 Å². The molecule has 1 heterocycles. The van der Waals surface area contributed by atoms with Crippen molar-refractivity contribution in [2.45, 2.75) is 75.5 Å². The highest BCUT2D eigenvalue weighted by Crippen LogP contribution is 2.51. The Bertz CT molecular complexity index is 1380. The zero-order chi connectivity index (χ0) is 28.0. The number of benzene rings is 2. The highest BCUT2D eigenvalue weighted by atomic mass is 35.5. The molecule has 1 amide bonds. The summed E-state index contributed by atoms with van der Waals surface area (Å²) in [7, 11) is -3.65. The molecule has 2 fully saturated rings. The van der Waals surface area contributed by atoms with Gasteiger partial charge in [0.2, 0.25) is 0 Å². The number of halogens is 3. The van der Waals surface area contributed by atoms with Crippen LogP contribution < -0.4 is 0 Å². The minimum atomic E-state index is -3.65. The van der Waals surface area contributed by atoms with E-state index in [1.807, 2.05) is 6.07 Å². The van der Waals surface area contributed by atoms with Gasteiger partial charge in [0.1, 0.15) is 11.9 Å². The van der Waals surface area contributed by atoms with Crippen molar-refractivity contribution in [1.29, 1.82) is 5.26 Å². The lowest BCUT2D eigenvalue weighted by molar-refractivity contribution is -0.201. The number of hydrogen-bond acceptors (Lipinski definition) is 5. The van der Waals surface area contributed by atoms with Gasteiger partial charge < -0.3 is 9.64 Å². The fraction of sp³-hybridized carbons (Fsp3) is 0.500. The van der Waals surface area contributed by atoms with Crippen LogP contribution in [0.15, 0.2) is 42.5 Å². The van der Waals surface area contributed by atoms with Gasteiger partial charge in [-0.1, -0.05) is 41.4 Å². The van der Waals surface area contributed by atoms with Crippen molar-refractivity contribution in [1.82, 2.24) is 4.90 Å². The summed E-state index contributed by atoms with van der Waals surface area (Å²) in [6.45, 7) is 6.44. The Hall–Kier alpha value is -2.18. The van der Waals surface area contributed by atoms with Gasteiger partial charge in [-0.05, 0) is 81.8 Å². The Balaban J connectivity index is 1.96. The minimum absolute atomic E-state index is 0.0554. The molecule has 0 spiro atoms. The fourth-order valence-corrected chi connectivity index (χ4v) is 6.63. The number of sulfone groups is 1. The summed E-state index contributed by atoms with van der Waals surface area (Å²) in [5.41, 5.74) is -0.530. The summed E-state index contributed by atoms with van der Waals surface area (Å²) in [5, 5.41) is 9.97. The van der Waals surface area contributed by atoms with E-state index < -0.39 is 50.1 Å². The van der Waals surface area contributed by atoms with E-state index in [0.717, 1.165) is 12.8 Å². The zero-order valence-corrected chi connectivity index (χ0v) is 24.1. The molecule has 4 atom stereocenters. The van der Waals surface area contributed by atoms with E-state index in [1.165, 1.54) is 12.1 Å². The van der Waals surface area contributed by atoms with E-state index in [2.05, 4.69) is 0 Å². The van der Waals surface area contributed by atoms with Crippen molar-refractivity contribution >= 4 is 38.9 Å². The van der Waals surface area contributed by atoms with E-state index in [1.54, 1.807) is 62.9 Å². The molecule has 1 saturated carbocycles. The molecule has 1 saturated heterocycles. The molecule has 38 heavy (non-hydrogen) atoms. The van der Waals surface area contributed by atoms with Crippen LogP contribution in [0.4, 0.5) is 4.39 Å². The van der Waals surface area contributed by atoms with Crippen molar-refractivity contribution in [3.63, 3.8) is 0 Å². The lowest BCUT2D eigenvalue weighted by Crippen LogP contribution is -2.62. The third-order valence-electron chi connectivity index (χ3n) is 7.39. The third kappa shape index (κ3) is 5.58. The second kappa shape index (κ2) is 10.4. The standard InChI is InChI=1S/C28H31Cl2FN2O4S/c1-27(2,3)38(35,36)16-23(17-8-9-17)33-24(18-10-11-21(30)22(31)15-18)25(19-6-5-7-20(29)14-19)37-28(4,12-13-32)26(33)34/h5-7,10-11,14-15,17,23-25H,8-9,12,16H2,1-4H3/t23-,24?,25-,28+/m1/s1. The van der Waals surface area contributed by atoms with Gasteiger partial charge in [-0.3, -0.25) is 4.79 Å². The molecule has 10 heteroatoms. The van der Waals surface area contributed by atoms with Gasteiger partial charge in [0, 0.05) is 11.1 Å². The molecule has 4 rings (SSSR count). The molecule has 1 unspecified atom stereocenters. The summed E-state index contributed by atoms with van der Waals surface area (Å²) in [5.74, 6) is -1.49. The van der Waals surface area contributed by atoms with Crippen LogP contribution in [0.3, 0.4) is 0 Å². The molecule has 204 valence electrons. The first-order chi connectivity index (χ1) is 17.7. The number of rotatable bonds is 7. The van der Waals surface area contributed by atoms with Crippen molar-refractivity contribution in [2.75, 3.05) is 5.75 Å². The maximum absolute atomic E-state index is 14.8. The molecule has 1 aliphatic heterocycles. The lowest BCUT2D eigenvalue weighted by atomic mass is 9.86.